The van der Waals surface area contributed by atoms with E-state index in [1.807, 2.05) is 19.9 Å². The van der Waals surface area contributed by atoms with Gasteiger partial charge in [-0.1, -0.05) is 12.1 Å². The molecule has 4 N–H and O–H groups in total. The zero-order valence-electron chi connectivity index (χ0n) is 27.6. The van der Waals surface area contributed by atoms with Crippen LogP contribution in [0.3, 0.4) is 0 Å². The molecule has 17 heteroatoms. The molecule has 0 amide bonds. The van der Waals surface area contributed by atoms with E-state index in [4.69, 9.17) is 15.2 Å². The van der Waals surface area contributed by atoms with E-state index in [0.29, 0.717) is 34.0 Å². The van der Waals surface area contributed by atoms with Crippen molar-refractivity contribution in [2.45, 2.75) is 38.0 Å². The highest BCUT2D eigenvalue weighted by Gasteiger charge is 2.62. The smallest absolute Gasteiger partial charge is 0.250 e. The molecule has 49 heavy (non-hydrogen) atoms. The van der Waals surface area contributed by atoms with Crippen molar-refractivity contribution >= 4 is 16.0 Å². The summed E-state index contributed by atoms with van der Waals surface area (Å²) in [6.45, 7) is 6.83. The Morgan fingerprint density at radius 2 is 1.61 bits per heavy atom. The first-order valence-electron chi connectivity index (χ1n) is 14.9. The number of ether oxygens (including phenoxy) is 2. The minimum absolute atomic E-state index is 0.00198. The minimum Gasteiger partial charge on any atom is -0.494 e. The van der Waals surface area contributed by atoms with E-state index < -0.39 is 20.3 Å². The third-order valence-electron chi connectivity index (χ3n) is 8.37. The van der Waals surface area contributed by atoms with Gasteiger partial charge in [-0.25, -0.2) is 18.4 Å². The molecular weight excluding hydrogens is 648 g/mol. The molecule has 2 unspecified atom stereocenters. The normalized spacial score (nSPS) is 14.1. The molecule has 6 rings (SSSR count). The molecule has 5 aromatic heterocycles. The van der Waals surface area contributed by atoms with E-state index in [1.165, 1.54) is 32.0 Å². The molecule has 6 aromatic rings. The average Bonchev–Trinajstić information content (AvgIpc) is 3.78. The molecule has 0 aliphatic rings. The summed E-state index contributed by atoms with van der Waals surface area (Å²) in [6, 6.07) is 10.3. The Labute approximate surface area is 282 Å². The number of hydrogen-bond acceptors (Lipinski definition) is 13. The third-order valence-corrected chi connectivity index (χ3v) is 10.4. The quantitative estimate of drug-likeness (QED) is 0.179. The fourth-order valence-electron chi connectivity index (χ4n) is 5.75. The SMILES string of the molecule is COc1cccc(OC)c1-n1c(NS(=O)(=O)C(C)(c2nnc[nH]2)C(N)(c2ncc(C)cn2)c2cccnc2C)nnc1-c1cncc(C)c1. The number of para-hydroxylation sites is 1. The van der Waals surface area contributed by atoms with Gasteiger partial charge in [-0.3, -0.25) is 19.3 Å². The largest absolute Gasteiger partial charge is 0.494 e. The molecule has 1 aromatic carbocycles. The number of sulfonamides is 1. The summed E-state index contributed by atoms with van der Waals surface area (Å²) in [4.78, 5) is 20.7. The number of aryl methyl sites for hydroxylation is 3. The van der Waals surface area contributed by atoms with Gasteiger partial charge in [0.25, 0.3) is 10.0 Å². The van der Waals surface area contributed by atoms with Crippen LogP contribution in [-0.4, -0.2) is 72.5 Å². The summed E-state index contributed by atoms with van der Waals surface area (Å²) >= 11 is 0. The van der Waals surface area contributed by atoms with E-state index in [1.54, 1.807) is 68.2 Å². The van der Waals surface area contributed by atoms with Gasteiger partial charge in [0.2, 0.25) is 5.95 Å². The van der Waals surface area contributed by atoms with Gasteiger partial charge in [-0.05, 0) is 63.1 Å². The van der Waals surface area contributed by atoms with E-state index in [0.717, 1.165) is 11.1 Å². The van der Waals surface area contributed by atoms with Gasteiger partial charge in [0, 0.05) is 47.8 Å². The van der Waals surface area contributed by atoms with Crippen molar-refractivity contribution in [2.75, 3.05) is 18.9 Å². The molecule has 0 spiro atoms. The van der Waals surface area contributed by atoms with Gasteiger partial charge in [0.1, 0.15) is 29.1 Å². The Hall–Kier alpha value is -5.81. The molecule has 0 bridgehead atoms. The van der Waals surface area contributed by atoms with Gasteiger partial charge in [-0.2, -0.15) is 0 Å². The summed E-state index contributed by atoms with van der Waals surface area (Å²) in [6.07, 6.45) is 9.25. The summed E-state index contributed by atoms with van der Waals surface area (Å²) < 4.78 is 43.9. The Balaban J connectivity index is 1.64. The zero-order valence-corrected chi connectivity index (χ0v) is 28.4. The van der Waals surface area contributed by atoms with Crippen molar-refractivity contribution in [3.05, 3.63) is 108 Å². The van der Waals surface area contributed by atoms with Crippen LogP contribution in [-0.2, 0) is 20.3 Å². The first-order valence-corrected chi connectivity index (χ1v) is 16.4. The van der Waals surface area contributed by atoms with Crippen molar-refractivity contribution in [1.82, 2.24) is 49.9 Å². The van der Waals surface area contributed by atoms with Crippen molar-refractivity contribution in [1.29, 1.82) is 0 Å². The maximum Gasteiger partial charge on any atom is 0.250 e. The molecule has 0 aliphatic heterocycles. The number of nitrogens with two attached hydrogens (primary N) is 1. The van der Waals surface area contributed by atoms with E-state index in [2.05, 4.69) is 50.0 Å². The van der Waals surface area contributed by atoms with Crippen LogP contribution in [0.2, 0.25) is 0 Å². The number of nitrogens with one attached hydrogen (secondary N) is 2. The fraction of sp³-hybridized carbons (Fsp3) is 0.250. The molecule has 0 saturated carbocycles. The van der Waals surface area contributed by atoms with Crippen LogP contribution >= 0.6 is 0 Å². The second kappa shape index (κ2) is 12.7. The molecule has 0 fully saturated rings. The highest BCUT2D eigenvalue weighted by Crippen LogP contribution is 2.48. The number of benzene rings is 1. The van der Waals surface area contributed by atoms with Crippen LogP contribution in [0.1, 0.15) is 41.0 Å². The maximum atomic E-state index is 15.3. The summed E-state index contributed by atoms with van der Waals surface area (Å²) in [5.74, 6) is 0.650. The lowest BCUT2D eigenvalue weighted by Crippen LogP contribution is -2.62. The van der Waals surface area contributed by atoms with Crippen LogP contribution in [0.4, 0.5) is 5.95 Å². The minimum atomic E-state index is -4.76. The van der Waals surface area contributed by atoms with Crippen LogP contribution < -0.4 is 19.9 Å². The molecule has 0 radical (unpaired) electrons. The number of nitrogens with zero attached hydrogens (tertiary/aromatic N) is 9. The summed E-state index contributed by atoms with van der Waals surface area (Å²) in [5, 5.41) is 16.9. The van der Waals surface area contributed by atoms with E-state index >= 15 is 8.42 Å². The summed E-state index contributed by atoms with van der Waals surface area (Å²) in [7, 11) is -1.79. The fourth-order valence-corrected chi connectivity index (χ4v) is 7.31. The first-order chi connectivity index (χ1) is 23.5. The molecule has 0 aliphatic carbocycles. The molecule has 5 heterocycles. The Morgan fingerprint density at radius 1 is 0.898 bits per heavy atom. The van der Waals surface area contributed by atoms with Gasteiger partial charge < -0.3 is 20.2 Å². The van der Waals surface area contributed by atoms with Crippen LogP contribution in [0.15, 0.2) is 73.7 Å². The molecular formula is C32H34N12O4S. The molecule has 16 nitrogen and oxygen atoms in total. The van der Waals surface area contributed by atoms with Gasteiger partial charge in [-0.15, -0.1) is 20.4 Å². The first kappa shape index (κ1) is 33.1. The Kier molecular flexibility index (Phi) is 8.55. The number of rotatable bonds is 11. The highest BCUT2D eigenvalue weighted by molar-refractivity contribution is 7.93. The standard InChI is InChI=1S/C32H34N12O4S/c1-19-13-22(17-34-14-19)27-40-42-30(44(27)26-24(47-5)10-7-11-25(26)48-6)43-49(45,46)31(4,28-38-18-39-41-28)32(33,23-9-8-12-35-21(23)3)29-36-15-20(2)16-37-29/h7-18H,33H2,1-6H3,(H,42,43)(H,38,39,41). The summed E-state index contributed by atoms with van der Waals surface area (Å²) in [5.41, 5.74) is 8.63. The topological polar surface area (TPSA) is 214 Å². The van der Waals surface area contributed by atoms with Gasteiger partial charge in [0.15, 0.2) is 22.2 Å². The lowest BCUT2D eigenvalue weighted by molar-refractivity contribution is 0.345. The predicted molar refractivity (Wildman–Crippen MR) is 179 cm³/mol. The number of H-pyrrole nitrogens is 1. The third kappa shape index (κ3) is 5.41. The lowest BCUT2D eigenvalue weighted by Gasteiger charge is -2.43. The van der Waals surface area contributed by atoms with Gasteiger partial charge >= 0.3 is 0 Å². The Morgan fingerprint density at radius 3 is 2.22 bits per heavy atom. The number of hydrogen-bond donors (Lipinski definition) is 3. The van der Waals surface area contributed by atoms with Crippen LogP contribution in [0.25, 0.3) is 17.1 Å². The number of anilines is 1. The second-order valence-electron chi connectivity index (χ2n) is 11.4. The maximum absolute atomic E-state index is 15.3. The zero-order chi connectivity index (χ0) is 35.0. The number of pyridine rings is 2. The van der Waals surface area contributed by atoms with E-state index in [-0.39, 0.29) is 23.4 Å². The van der Waals surface area contributed by atoms with Crippen LogP contribution in [0.5, 0.6) is 11.5 Å². The van der Waals surface area contributed by atoms with Crippen molar-refractivity contribution < 1.29 is 17.9 Å². The number of aromatic amines is 1. The number of aromatic nitrogens is 10. The van der Waals surface area contributed by atoms with Crippen molar-refractivity contribution in [2.24, 2.45) is 5.73 Å². The molecule has 0 saturated heterocycles. The van der Waals surface area contributed by atoms with Crippen molar-refractivity contribution in [3.8, 4) is 28.6 Å². The van der Waals surface area contributed by atoms with E-state index in [9.17, 15) is 0 Å². The van der Waals surface area contributed by atoms with Gasteiger partial charge in [0.05, 0.1) is 14.2 Å². The van der Waals surface area contributed by atoms with Crippen LogP contribution in [0, 0.1) is 20.8 Å². The molecule has 2 atom stereocenters. The lowest BCUT2D eigenvalue weighted by atomic mass is 9.76. The molecule has 252 valence electrons. The predicted octanol–water partition coefficient (Wildman–Crippen LogP) is 3.13. The monoisotopic (exact) mass is 682 g/mol. The Bertz CT molecular complexity index is 2200. The average molecular weight is 683 g/mol. The highest BCUT2D eigenvalue weighted by atomic mass is 32.2. The second-order valence-corrected chi connectivity index (χ2v) is 13.5. The number of methoxy groups -OCH3 is 2. The van der Waals surface area contributed by atoms with Crippen molar-refractivity contribution in [3.63, 3.8) is 0 Å².